The molecule has 0 radical (unpaired) electrons. The second-order valence-electron chi connectivity index (χ2n) is 7.83. The second-order valence-corrected chi connectivity index (χ2v) is 9.43. The van der Waals surface area contributed by atoms with Crippen LogP contribution in [0.1, 0.15) is 42.9 Å². The summed E-state index contributed by atoms with van der Waals surface area (Å²) < 4.78 is 36.3. The van der Waals surface area contributed by atoms with Crippen molar-refractivity contribution in [2.75, 3.05) is 13.3 Å². The van der Waals surface area contributed by atoms with Gasteiger partial charge in [0, 0.05) is 6.04 Å². The van der Waals surface area contributed by atoms with Gasteiger partial charge in [0.2, 0.25) is 0 Å². The molecule has 2 aromatic rings. The average molecular weight is 402 g/mol. The summed E-state index contributed by atoms with van der Waals surface area (Å²) in [6, 6.07) is 20.6. The summed E-state index contributed by atoms with van der Waals surface area (Å²) in [5, 5.41) is 0. The van der Waals surface area contributed by atoms with Gasteiger partial charge in [-0.15, -0.1) is 0 Å². The van der Waals surface area contributed by atoms with Crippen LogP contribution in [0.15, 0.2) is 60.7 Å². The van der Waals surface area contributed by atoms with Crippen molar-refractivity contribution in [1.82, 2.24) is 4.90 Å². The molecule has 0 spiro atoms. The van der Waals surface area contributed by atoms with Crippen LogP contribution in [0.5, 0.6) is 0 Å². The molecule has 2 bridgehead atoms. The number of nitrogens with zero attached hydrogens (tertiary/aromatic N) is 1. The maximum atomic E-state index is 12.0. The molecular weight excluding hydrogens is 374 g/mol. The number of piperidine rings is 1. The zero-order chi connectivity index (χ0) is 19.8. The first kappa shape index (κ1) is 19.6. The summed E-state index contributed by atoms with van der Waals surface area (Å²) in [4.78, 5) is 2.20. The van der Waals surface area contributed by atoms with Crippen LogP contribution in [0.3, 0.4) is 0 Å². The molecule has 2 heterocycles. The molecule has 0 amide bonds. The van der Waals surface area contributed by atoms with Crippen molar-refractivity contribution in [3.8, 4) is 0 Å². The maximum absolute atomic E-state index is 12.0. The summed E-state index contributed by atoms with van der Waals surface area (Å²) in [7, 11) is -1.55. The van der Waals surface area contributed by atoms with Gasteiger partial charge < -0.3 is 4.74 Å². The molecule has 3 unspecified atom stereocenters. The Morgan fingerprint density at radius 2 is 1.54 bits per heavy atom. The molecule has 3 atom stereocenters. The van der Waals surface area contributed by atoms with E-state index < -0.39 is 21.9 Å². The molecule has 2 aromatic carbocycles. The van der Waals surface area contributed by atoms with Gasteiger partial charge in [0.05, 0.1) is 6.26 Å². The van der Waals surface area contributed by atoms with Gasteiger partial charge in [0.25, 0.3) is 10.1 Å². The van der Waals surface area contributed by atoms with E-state index in [0.29, 0.717) is 12.5 Å². The summed E-state index contributed by atoms with van der Waals surface area (Å²) in [6.45, 7) is 0. The standard InChI is InChI=1S/C22H27NO4S/c1-23-19-13-14-20(27-28(2,24)25)22(23,16-15-19)26-21(17-9-5-3-6-10-17)18-11-7-4-8-12-18/h3-12,19-21H,13-16H2,1-2H3. The zero-order valence-electron chi connectivity index (χ0n) is 16.3. The lowest BCUT2D eigenvalue weighted by atomic mass is 9.95. The van der Waals surface area contributed by atoms with Crippen molar-refractivity contribution < 1.29 is 17.3 Å². The van der Waals surface area contributed by atoms with E-state index in [1.807, 2.05) is 43.4 Å². The van der Waals surface area contributed by atoms with Crippen LogP contribution in [0.2, 0.25) is 0 Å². The third kappa shape index (κ3) is 3.74. The molecule has 4 rings (SSSR count). The molecule has 2 aliphatic heterocycles. The fourth-order valence-electron chi connectivity index (χ4n) is 4.69. The lowest BCUT2D eigenvalue weighted by Crippen LogP contribution is -2.60. The Morgan fingerprint density at radius 3 is 2.07 bits per heavy atom. The maximum Gasteiger partial charge on any atom is 0.264 e. The highest BCUT2D eigenvalue weighted by atomic mass is 32.2. The minimum Gasteiger partial charge on any atom is -0.345 e. The Morgan fingerprint density at radius 1 is 0.964 bits per heavy atom. The molecule has 2 fully saturated rings. The number of rotatable bonds is 6. The lowest BCUT2D eigenvalue weighted by Gasteiger charge is -2.48. The lowest BCUT2D eigenvalue weighted by molar-refractivity contribution is -0.222. The van der Waals surface area contributed by atoms with Gasteiger partial charge >= 0.3 is 0 Å². The van der Waals surface area contributed by atoms with Gasteiger partial charge in [0.1, 0.15) is 12.2 Å². The third-order valence-electron chi connectivity index (χ3n) is 6.06. The van der Waals surface area contributed by atoms with E-state index in [9.17, 15) is 8.42 Å². The summed E-state index contributed by atoms with van der Waals surface area (Å²) >= 11 is 0. The highest BCUT2D eigenvalue weighted by Gasteiger charge is 2.56. The van der Waals surface area contributed by atoms with E-state index in [-0.39, 0.29) is 6.10 Å². The van der Waals surface area contributed by atoms with Crippen LogP contribution in [-0.4, -0.2) is 44.5 Å². The first-order valence-electron chi connectivity index (χ1n) is 9.78. The molecule has 6 heteroatoms. The molecule has 0 aromatic heterocycles. The number of hydrogen-bond acceptors (Lipinski definition) is 5. The monoisotopic (exact) mass is 401 g/mol. The number of likely N-dealkylation sites (N-methyl/N-ethyl adjacent to an activating group) is 1. The first-order chi connectivity index (χ1) is 13.4. The van der Waals surface area contributed by atoms with E-state index in [0.717, 1.165) is 36.6 Å². The Labute approximate surface area is 167 Å². The normalized spacial score (nSPS) is 28.0. The summed E-state index contributed by atoms with van der Waals surface area (Å²) in [6.07, 6.45) is 3.64. The van der Waals surface area contributed by atoms with Crippen molar-refractivity contribution >= 4 is 10.1 Å². The van der Waals surface area contributed by atoms with Gasteiger partial charge in [0.15, 0.2) is 5.72 Å². The van der Waals surface area contributed by atoms with Crippen molar-refractivity contribution in [2.24, 2.45) is 0 Å². The molecule has 2 aliphatic rings. The smallest absolute Gasteiger partial charge is 0.264 e. The Kier molecular flexibility index (Phi) is 5.31. The largest absolute Gasteiger partial charge is 0.345 e. The summed E-state index contributed by atoms with van der Waals surface area (Å²) in [5.41, 5.74) is 1.33. The van der Waals surface area contributed by atoms with E-state index >= 15 is 0 Å². The van der Waals surface area contributed by atoms with Crippen LogP contribution in [0.25, 0.3) is 0 Å². The quantitative estimate of drug-likeness (QED) is 0.691. The minimum atomic E-state index is -3.58. The van der Waals surface area contributed by atoms with Crippen molar-refractivity contribution in [1.29, 1.82) is 0 Å². The number of ether oxygens (including phenoxy) is 1. The highest BCUT2D eigenvalue weighted by Crippen LogP contribution is 2.48. The van der Waals surface area contributed by atoms with Crippen LogP contribution in [0.4, 0.5) is 0 Å². The van der Waals surface area contributed by atoms with E-state index in [1.54, 1.807) is 0 Å². The van der Waals surface area contributed by atoms with E-state index in [2.05, 4.69) is 29.2 Å². The molecule has 2 saturated heterocycles. The fourth-order valence-corrected chi connectivity index (χ4v) is 5.36. The number of benzene rings is 2. The van der Waals surface area contributed by atoms with E-state index in [4.69, 9.17) is 8.92 Å². The molecule has 0 aliphatic carbocycles. The SMILES string of the molecule is CN1C2CCC(OS(C)(=O)=O)C1(OC(c1ccccc1)c1ccccc1)CC2. The van der Waals surface area contributed by atoms with Crippen LogP contribution in [0, 0.1) is 0 Å². The van der Waals surface area contributed by atoms with Gasteiger partial charge in [-0.2, -0.15) is 8.42 Å². The molecule has 0 saturated carbocycles. The van der Waals surface area contributed by atoms with Gasteiger partial charge in [-0.1, -0.05) is 60.7 Å². The Bertz CT molecular complexity index is 863. The first-order valence-corrected chi connectivity index (χ1v) is 11.6. The number of fused-ring (bicyclic) bond motifs is 2. The summed E-state index contributed by atoms with van der Waals surface area (Å²) in [5.74, 6) is 0. The van der Waals surface area contributed by atoms with E-state index in [1.165, 1.54) is 0 Å². The predicted molar refractivity (Wildman–Crippen MR) is 108 cm³/mol. The molecule has 150 valence electrons. The molecular formula is C22H27NO4S. The highest BCUT2D eigenvalue weighted by molar-refractivity contribution is 7.86. The van der Waals surface area contributed by atoms with Gasteiger partial charge in [-0.3, -0.25) is 9.08 Å². The predicted octanol–water partition coefficient (Wildman–Crippen LogP) is 3.72. The fraction of sp³-hybridized carbons (Fsp3) is 0.455. The number of hydrogen-bond donors (Lipinski definition) is 0. The Hall–Kier alpha value is -1.73. The van der Waals surface area contributed by atoms with Gasteiger partial charge in [-0.25, -0.2) is 0 Å². The molecule has 28 heavy (non-hydrogen) atoms. The minimum absolute atomic E-state index is 0.299. The van der Waals surface area contributed by atoms with Gasteiger partial charge in [-0.05, 0) is 43.9 Å². The van der Waals surface area contributed by atoms with Crippen LogP contribution < -0.4 is 0 Å². The third-order valence-corrected chi connectivity index (χ3v) is 6.65. The van der Waals surface area contributed by atoms with Crippen molar-refractivity contribution in [3.05, 3.63) is 71.8 Å². The average Bonchev–Trinajstić information content (AvgIpc) is 2.88. The Balaban J connectivity index is 1.74. The molecule has 5 nitrogen and oxygen atoms in total. The topological polar surface area (TPSA) is 55.8 Å². The van der Waals surface area contributed by atoms with Crippen LogP contribution >= 0.6 is 0 Å². The molecule has 0 N–H and O–H groups in total. The second kappa shape index (κ2) is 7.59. The van der Waals surface area contributed by atoms with Crippen LogP contribution in [-0.2, 0) is 19.0 Å². The van der Waals surface area contributed by atoms with Crippen molar-refractivity contribution in [2.45, 2.75) is 49.7 Å². The zero-order valence-corrected chi connectivity index (χ0v) is 17.1. The van der Waals surface area contributed by atoms with Crippen molar-refractivity contribution in [3.63, 3.8) is 0 Å².